The Bertz CT molecular complexity index is 270. The van der Waals surface area contributed by atoms with Gasteiger partial charge in [-0.1, -0.05) is 0 Å². The molecule has 0 saturated heterocycles. The maximum Gasteiger partial charge on any atom is 0.0955 e. The molecule has 2 N–H and O–H groups in total. The van der Waals surface area contributed by atoms with Crippen LogP contribution in [0.25, 0.3) is 0 Å². The van der Waals surface area contributed by atoms with E-state index < -0.39 is 0 Å². The summed E-state index contributed by atoms with van der Waals surface area (Å²) in [6.45, 7) is 5.24. The fraction of sp³-hybridized carbons (Fsp3) is 0.667. The van der Waals surface area contributed by atoms with Gasteiger partial charge in [-0.05, 0) is 13.8 Å². The number of ether oxygens (including phenoxy) is 1. The van der Waals surface area contributed by atoms with Gasteiger partial charge < -0.3 is 15.0 Å². The van der Waals surface area contributed by atoms with E-state index in [4.69, 9.17) is 10.5 Å². The van der Waals surface area contributed by atoms with E-state index in [1.54, 1.807) is 7.11 Å². The summed E-state index contributed by atoms with van der Waals surface area (Å²) in [5, 5.41) is 0. The summed E-state index contributed by atoms with van der Waals surface area (Å²) < 4.78 is 7.15. The van der Waals surface area contributed by atoms with Crippen LogP contribution >= 0.6 is 0 Å². The number of hydrogen-bond acceptors (Lipinski definition) is 3. The van der Waals surface area contributed by atoms with E-state index in [9.17, 15) is 0 Å². The summed E-state index contributed by atoms with van der Waals surface area (Å²) in [5.74, 6) is 0. The fourth-order valence-electron chi connectivity index (χ4n) is 1.34. The van der Waals surface area contributed by atoms with Crippen LogP contribution in [0.2, 0.25) is 0 Å². The Morgan fingerprint density at radius 1 is 1.62 bits per heavy atom. The van der Waals surface area contributed by atoms with Crippen molar-refractivity contribution in [1.82, 2.24) is 9.55 Å². The monoisotopic (exact) mass is 183 g/mol. The second kappa shape index (κ2) is 4.39. The summed E-state index contributed by atoms with van der Waals surface area (Å²) in [6.07, 6.45) is 1.82. The SMILES string of the molecule is COCC(CN)n1cnc(C)c1C. The lowest BCUT2D eigenvalue weighted by Gasteiger charge is -2.17. The largest absolute Gasteiger partial charge is 0.382 e. The normalized spacial score (nSPS) is 13.2. The Kier molecular flexibility index (Phi) is 3.45. The Morgan fingerprint density at radius 3 is 2.69 bits per heavy atom. The van der Waals surface area contributed by atoms with Crippen LogP contribution in [-0.4, -0.2) is 29.8 Å². The first-order valence-electron chi connectivity index (χ1n) is 4.39. The van der Waals surface area contributed by atoms with Gasteiger partial charge in [0.05, 0.1) is 24.7 Å². The van der Waals surface area contributed by atoms with E-state index in [2.05, 4.69) is 9.55 Å². The van der Waals surface area contributed by atoms with Gasteiger partial charge in [0.1, 0.15) is 0 Å². The molecule has 13 heavy (non-hydrogen) atoms. The van der Waals surface area contributed by atoms with Gasteiger partial charge >= 0.3 is 0 Å². The van der Waals surface area contributed by atoms with Crippen molar-refractivity contribution >= 4 is 0 Å². The summed E-state index contributed by atoms with van der Waals surface area (Å²) in [4.78, 5) is 4.22. The molecular formula is C9H17N3O. The standard InChI is InChI=1S/C9H17N3O/c1-7-8(2)12(6-11-7)9(4-10)5-13-3/h6,9H,4-5,10H2,1-3H3. The minimum absolute atomic E-state index is 0.200. The molecule has 1 heterocycles. The molecule has 0 amide bonds. The number of aryl methyl sites for hydroxylation is 1. The summed E-state index contributed by atoms with van der Waals surface area (Å²) in [6, 6.07) is 0.200. The molecule has 74 valence electrons. The molecule has 0 radical (unpaired) electrons. The second-order valence-corrected chi connectivity index (χ2v) is 3.17. The maximum absolute atomic E-state index is 5.64. The van der Waals surface area contributed by atoms with Gasteiger partial charge in [0.25, 0.3) is 0 Å². The van der Waals surface area contributed by atoms with Gasteiger partial charge in [-0.3, -0.25) is 0 Å². The molecule has 0 bridgehead atoms. The van der Waals surface area contributed by atoms with Gasteiger partial charge in [-0.15, -0.1) is 0 Å². The first-order chi connectivity index (χ1) is 6.20. The van der Waals surface area contributed by atoms with E-state index >= 15 is 0 Å². The number of aromatic nitrogens is 2. The van der Waals surface area contributed by atoms with Crippen LogP contribution in [0.4, 0.5) is 0 Å². The van der Waals surface area contributed by atoms with Crippen LogP contribution in [0.1, 0.15) is 17.4 Å². The maximum atomic E-state index is 5.64. The molecule has 1 aromatic heterocycles. The predicted molar refractivity (Wildman–Crippen MR) is 51.7 cm³/mol. The summed E-state index contributed by atoms with van der Waals surface area (Å²) >= 11 is 0. The van der Waals surface area contributed by atoms with Crippen LogP contribution < -0.4 is 5.73 Å². The van der Waals surface area contributed by atoms with Crippen molar-refractivity contribution in [1.29, 1.82) is 0 Å². The molecule has 1 aromatic rings. The van der Waals surface area contributed by atoms with Gasteiger partial charge in [-0.25, -0.2) is 4.98 Å². The zero-order valence-corrected chi connectivity index (χ0v) is 8.45. The molecule has 0 aromatic carbocycles. The molecule has 0 aliphatic heterocycles. The quantitative estimate of drug-likeness (QED) is 0.745. The highest BCUT2D eigenvalue weighted by atomic mass is 16.5. The van der Waals surface area contributed by atoms with Crippen molar-refractivity contribution in [3.05, 3.63) is 17.7 Å². The number of nitrogens with two attached hydrogens (primary N) is 1. The van der Waals surface area contributed by atoms with Crippen molar-refractivity contribution in [2.24, 2.45) is 5.73 Å². The smallest absolute Gasteiger partial charge is 0.0955 e. The second-order valence-electron chi connectivity index (χ2n) is 3.17. The van der Waals surface area contributed by atoms with E-state index in [0.29, 0.717) is 13.2 Å². The van der Waals surface area contributed by atoms with Crippen molar-refractivity contribution in [2.45, 2.75) is 19.9 Å². The van der Waals surface area contributed by atoms with E-state index in [0.717, 1.165) is 11.4 Å². The lowest BCUT2D eigenvalue weighted by Crippen LogP contribution is -2.23. The molecule has 1 rings (SSSR count). The minimum Gasteiger partial charge on any atom is -0.382 e. The third kappa shape index (κ3) is 2.08. The lowest BCUT2D eigenvalue weighted by molar-refractivity contribution is 0.157. The molecule has 1 unspecified atom stereocenters. The summed E-state index contributed by atoms with van der Waals surface area (Å²) in [5.41, 5.74) is 7.85. The van der Waals surface area contributed by atoms with Crippen LogP contribution in [0.3, 0.4) is 0 Å². The molecule has 0 spiro atoms. The zero-order valence-electron chi connectivity index (χ0n) is 8.45. The van der Waals surface area contributed by atoms with Crippen molar-refractivity contribution < 1.29 is 4.74 Å². The topological polar surface area (TPSA) is 53.1 Å². The molecule has 1 atom stereocenters. The van der Waals surface area contributed by atoms with Gasteiger partial charge in [0.15, 0.2) is 0 Å². The van der Waals surface area contributed by atoms with E-state index in [1.807, 2.05) is 20.2 Å². The highest BCUT2D eigenvalue weighted by Crippen LogP contribution is 2.11. The number of hydrogen-bond donors (Lipinski definition) is 1. The molecule has 0 aliphatic carbocycles. The van der Waals surface area contributed by atoms with Crippen LogP contribution in [0, 0.1) is 13.8 Å². The van der Waals surface area contributed by atoms with Crippen LogP contribution in [0.5, 0.6) is 0 Å². The van der Waals surface area contributed by atoms with Gasteiger partial charge in [0, 0.05) is 19.3 Å². The van der Waals surface area contributed by atoms with Crippen LogP contribution in [-0.2, 0) is 4.74 Å². The van der Waals surface area contributed by atoms with E-state index in [1.165, 1.54) is 0 Å². The lowest BCUT2D eigenvalue weighted by atomic mass is 10.3. The van der Waals surface area contributed by atoms with E-state index in [-0.39, 0.29) is 6.04 Å². The van der Waals surface area contributed by atoms with Crippen molar-refractivity contribution in [2.75, 3.05) is 20.3 Å². The highest BCUT2D eigenvalue weighted by molar-refractivity contribution is 5.09. The molecule has 0 fully saturated rings. The minimum atomic E-state index is 0.200. The zero-order chi connectivity index (χ0) is 9.84. The third-order valence-electron chi connectivity index (χ3n) is 2.31. The van der Waals surface area contributed by atoms with Gasteiger partial charge in [0.2, 0.25) is 0 Å². The molecule has 4 heteroatoms. The van der Waals surface area contributed by atoms with Crippen LogP contribution in [0.15, 0.2) is 6.33 Å². The van der Waals surface area contributed by atoms with Crippen molar-refractivity contribution in [3.63, 3.8) is 0 Å². The number of nitrogens with zero attached hydrogens (tertiary/aromatic N) is 2. The number of rotatable bonds is 4. The molecule has 0 saturated carbocycles. The Hall–Kier alpha value is -0.870. The predicted octanol–water partition coefficient (Wildman–Crippen LogP) is 0.646. The molecule has 4 nitrogen and oxygen atoms in total. The highest BCUT2D eigenvalue weighted by Gasteiger charge is 2.11. The average molecular weight is 183 g/mol. The number of imidazole rings is 1. The summed E-state index contributed by atoms with van der Waals surface area (Å²) in [7, 11) is 1.68. The first kappa shape index (κ1) is 10.2. The fourth-order valence-corrected chi connectivity index (χ4v) is 1.34. The Morgan fingerprint density at radius 2 is 2.31 bits per heavy atom. The Balaban J connectivity index is 2.84. The third-order valence-corrected chi connectivity index (χ3v) is 2.31. The van der Waals surface area contributed by atoms with Gasteiger partial charge in [-0.2, -0.15) is 0 Å². The van der Waals surface area contributed by atoms with Crippen molar-refractivity contribution in [3.8, 4) is 0 Å². The Labute approximate surface area is 78.7 Å². The molecular weight excluding hydrogens is 166 g/mol. The number of methoxy groups -OCH3 is 1. The molecule has 0 aliphatic rings. The first-order valence-corrected chi connectivity index (χ1v) is 4.39. The average Bonchev–Trinajstić information content (AvgIpc) is 2.45.